The van der Waals surface area contributed by atoms with Crippen molar-refractivity contribution in [2.45, 2.75) is 24.7 Å². The molecule has 0 unspecified atom stereocenters. The highest BCUT2D eigenvalue weighted by Crippen LogP contribution is 2.18. The molecule has 25 heavy (non-hydrogen) atoms. The first-order valence-corrected chi connectivity index (χ1v) is 9.03. The minimum Gasteiger partial charge on any atom is -0.481 e. The Kier molecular flexibility index (Phi) is 5.95. The lowest BCUT2D eigenvalue weighted by atomic mass is 10.1. The molecule has 1 heterocycles. The van der Waals surface area contributed by atoms with Gasteiger partial charge in [-0.25, -0.2) is 0 Å². The summed E-state index contributed by atoms with van der Waals surface area (Å²) in [6.45, 7) is 1.63. The quantitative estimate of drug-likeness (QED) is 0.617. The number of aryl methyl sites for hydroxylation is 2. The highest BCUT2D eigenvalue weighted by molar-refractivity contribution is 7.85. The van der Waals surface area contributed by atoms with Gasteiger partial charge >= 0.3 is 5.97 Å². The minimum absolute atomic E-state index is 0.0278. The molecule has 0 atom stereocenters. The molecule has 3 aromatic rings. The van der Waals surface area contributed by atoms with Gasteiger partial charge in [0.05, 0.1) is 4.90 Å². The van der Waals surface area contributed by atoms with Gasteiger partial charge in [0.15, 0.2) is 0 Å². The van der Waals surface area contributed by atoms with E-state index in [1.54, 1.807) is 25.1 Å². The fraction of sp³-hybridized carbons (Fsp3) is 0.167. The van der Waals surface area contributed by atoms with Crippen molar-refractivity contribution in [3.05, 3.63) is 65.9 Å². The minimum atomic E-state index is -4.03. The zero-order chi connectivity index (χ0) is 18.4. The number of fused-ring (bicyclic) bond motifs is 1. The molecule has 3 rings (SSSR count). The number of aromatic amines is 1. The molecular formula is C18H19NO5S. The number of carbonyl (C=O) groups is 1. The van der Waals surface area contributed by atoms with Crippen molar-refractivity contribution in [2.75, 3.05) is 0 Å². The number of carboxylic acids is 1. The fourth-order valence-electron chi connectivity index (χ4n) is 2.43. The summed E-state index contributed by atoms with van der Waals surface area (Å²) < 4.78 is 29.9. The van der Waals surface area contributed by atoms with E-state index < -0.39 is 16.1 Å². The number of carboxylic acid groups (broad SMARTS) is 1. The van der Waals surface area contributed by atoms with Crippen LogP contribution < -0.4 is 0 Å². The fourth-order valence-corrected chi connectivity index (χ4v) is 3.15. The smallest absolute Gasteiger partial charge is 0.303 e. The van der Waals surface area contributed by atoms with Crippen LogP contribution in [0.1, 0.15) is 17.5 Å². The molecule has 0 aliphatic carbocycles. The van der Waals surface area contributed by atoms with E-state index in [1.165, 1.54) is 6.07 Å². The van der Waals surface area contributed by atoms with Crippen LogP contribution in [0.15, 0.2) is 59.6 Å². The molecule has 0 bridgehead atoms. The molecule has 0 saturated heterocycles. The Bertz CT molecular complexity index is 976. The monoisotopic (exact) mass is 361 g/mol. The van der Waals surface area contributed by atoms with E-state index in [-0.39, 0.29) is 11.3 Å². The SMILES string of the molecule is Cc1ccccc1S(=O)(=O)O.O=C(O)CCc1c[nH]c2ccccc12. The molecule has 0 amide bonds. The maximum absolute atomic E-state index is 10.6. The molecule has 132 valence electrons. The van der Waals surface area contributed by atoms with E-state index in [4.69, 9.17) is 9.66 Å². The molecule has 2 aromatic carbocycles. The zero-order valence-electron chi connectivity index (χ0n) is 13.6. The maximum atomic E-state index is 10.6. The average Bonchev–Trinajstić information content (AvgIpc) is 2.96. The number of para-hydroxylation sites is 1. The van der Waals surface area contributed by atoms with Gasteiger partial charge in [-0.3, -0.25) is 9.35 Å². The van der Waals surface area contributed by atoms with Crippen LogP contribution in [0.2, 0.25) is 0 Å². The molecule has 0 fully saturated rings. The Morgan fingerprint density at radius 2 is 1.72 bits per heavy atom. The Hall–Kier alpha value is -2.64. The standard InChI is InChI=1S/C11H11NO2.C7H8O3S/c13-11(14)6-5-8-7-12-10-4-2-1-3-9(8)10;1-6-4-2-3-5-7(6)11(8,9)10/h1-4,7,12H,5-6H2,(H,13,14);2-5H,1H3,(H,8,9,10). The van der Waals surface area contributed by atoms with Gasteiger partial charge in [0, 0.05) is 23.5 Å². The third-order valence-electron chi connectivity index (χ3n) is 3.65. The average molecular weight is 361 g/mol. The summed E-state index contributed by atoms with van der Waals surface area (Å²) in [4.78, 5) is 13.5. The van der Waals surface area contributed by atoms with Gasteiger partial charge in [-0.2, -0.15) is 8.42 Å². The van der Waals surface area contributed by atoms with Crippen LogP contribution in [-0.4, -0.2) is 29.0 Å². The van der Waals surface area contributed by atoms with E-state index in [0.29, 0.717) is 12.0 Å². The topological polar surface area (TPSA) is 107 Å². The summed E-state index contributed by atoms with van der Waals surface area (Å²) in [5.74, 6) is -0.754. The lowest BCUT2D eigenvalue weighted by Gasteiger charge is -1.99. The second kappa shape index (κ2) is 7.96. The summed E-state index contributed by atoms with van der Waals surface area (Å²) in [6.07, 6.45) is 2.65. The van der Waals surface area contributed by atoms with Crippen LogP contribution >= 0.6 is 0 Å². The van der Waals surface area contributed by atoms with Crippen molar-refractivity contribution in [1.82, 2.24) is 4.98 Å². The third-order valence-corrected chi connectivity index (χ3v) is 4.67. The lowest BCUT2D eigenvalue weighted by Crippen LogP contribution is -1.99. The lowest BCUT2D eigenvalue weighted by molar-refractivity contribution is -0.136. The molecule has 0 aliphatic heterocycles. The Morgan fingerprint density at radius 1 is 1.08 bits per heavy atom. The summed E-state index contributed by atoms with van der Waals surface area (Å²) >= 11 is 0. The predicted molar refractivity (Wildman–Crippen MR) is 95.2 cm³/mol. The van der Waals surface area contributed by atoms with Gasteiger partial charge in [-0.1, -0.05) is 36.4 Å². The number of hydrogen-bond donors (Lipinski definition) is 3. The van der Waals surface area contributed by atoms with E-state index in [1.807, 2.05) is 30.5 Å². The molecule has 6 nitrogen and oxygen atoms in total. The molecule has 0 radical (unpaired) electrons. The predicted octanol–water partition coefficient (Wildman–Crippen LogP) is 3.43. The van der Waals surface area contributed by atoms with Crippen molar-refractivity contribution in [3.63, 3.8) is 0 Å². The van der Waals surface area contributed by atoms with Crippen molar-refractivity contribution >= 4 is 27.0 Å². The zero-order valence-corrected chi connectivity index (χ0v) is 14.5. The normalized spacial score (nSPS) is 11.0. The molecular weight excluding hydrogens is 342 g/mol. The number of hydrogen-bond acceptors (Lipinski definition) is 3. The van der Waals surface area contributed by atoms with Crippen LogP contribution in [0.3, 0.4) is 0 Å². The maximum Gasteiger partial charge on any atom is 0.303 e. The number of nitrogens with one attached hydrogen (secondary N) is 1. The largest absolute Gasteiger partial charge is 0.481 e. The molecule has 7 heteroatoms. The van der Waals surface area contributed by atoms with E-state index in [9.17, 15) is 13.2 Å². The number of aromatic nitrogens is 1. The van der Waals surface area contributed by atoms with Gasteiger partial charge in [0.25, 0.3) is 10.1 Å². The van der Waals surface area contributed by atoms with E-state index in [2.05, 4.69) is 4.98 Å². The highest BCUT2D eigenvalue weighted by Gasteiger charge is 2.10. The van der Waals surface area contributed by atoms with Crippen molar-refractivity contribution in [3.8, 4) is 0 Å². The van der Waals surface area contributed by atoms with Gasteiger partial charge < -0.3 is 10.1 Å². The van der Waals surface area contributed by atoms with Gasteiger partial charge in [0.2, 0.25) is 0 Å². The van der Waals surface area contributed by atoms with E-state index >= 15 is 0 Å². The summed E-state index contributed by atoms with van der Waals surface area (Å²) in [6, 6.07) is 14.2. The van der Waals surface area contributed by atoms with Crippen LogP contribution in [0.5, 0.6) is 0 Å². The van der Waals surface area contributed by atoms with Gasteiger partial charge in [-0.05, 0) is 36.6 Å². The summed E-state index contributed by atoms with van der Waals surface area (Å²) in [5.41, 5.74) is 2.69. The van der Waals surface area contributed by atoms with Crippen molar-refractivity contribution in [2.24, 2.45) is 0 Å². The van der Waals surface area contributed by atoms with Crippen LogP contribution in [0.4, 0.5) is 0 Å². The van der Waals surface area contributed by atoms with E-state index in [0.717, 1.165) is 16.5 Å². The van der Waals surface area contributed by atoms with Gasteiger partial charge in [0.1, 0.15) is 0 Å². The first-order chi connectivity index (χ1) is 11.8. The Labute approximate surface area is 145 Å². The van der Waals surface area contributed by atoms with Crippen LogP contribution in [0.25, 0.3) is 10.9 Å². The summed E-state index contributed by atoms with van der Waals surface area (Å²) in [5, 5.41) is 9.69. The molecule has 0 spiro atoms. The number of rotatable bonds is 4. The van der Waals surface area contributed by atoms with Crippen LogP contribution in [-0.2, 0) is 21.3 Å². The Balaban J connectivity index is 0.000000186. The van der Waals surface area contributed by atoms with Crippen molar-refractivity contribution in [1.29, 1.82) is 0 Å². The number of aliphatic carboxylic acids is 1. The molecule has 1 aromatic heterocycles. The molecule has 3 N–H and O–H groups in total. The highest BCUT2D eigenvalue weighted by atomic mass is 32.2. The van der Waals surface area contributed by atoms with Crippen LogP contribution in [0, 0.1) is 6.92 Å². The second-order valence-electron chi connectivity index (χ2n) is 5.49. The number of H-pyrrole nitrogens is 1. The van der Waals surface area contributed by atoms with Gasteiger partial charge in [-0.15, -0.1) is 0 Å². The Morgan fingerprint density at radius 3 is 2.32 bits per heavy atom. The van der Waals surface area contributed by atoms with Crippen molar-refractivity contribution < 1.29 is 22.9 Å². The molecule has 0 aliphatic rings. The molecule has 0 saturated carbocycles. The second-order valence-corrected chi connectivity index (χ2v) is 6.88. The summed E-state index contributed by atoms with van der Waals surface area (Å²) in [7, 11) is -4.03. The first kappa shape index (κ1) is 18.7. The first-order valence-electron chi connectivity index (χ1n) is 7.59. The third kappa shape index (κ3) is 5.17. The number of benzene rings is 2.